The lowest BCUT2D eigenvalue weighted by Gasteiger charge is -2.27. The van der Waals surface area contributed by atoms with Gasteiger partial charge in [0.25, 0.3) is 0 Å². The highest BCUT2D eigenvalue weighted by atomic mass is 16.5. The number of ether oxygens (including phenoxy) is 4. The van der Waals surface area contributed by atoms with E-state index >= 15 is 0 Å². The predicted molar refractivity (Wildman–Crippen MR) is 131 cm³/mol. The first-order valence-corrected chi connectivity index (χ1v) is 11.4. The maximum atomic E-state index is 12.7. The Bertz CT molecular complexity index is 1310. The summed E-state index contributed by atoms with van der Waals surface area (Å²) in [4.78, 5) is 12.7. The molecule has 0 saturated heterocycles. The zero-order valence-corrected chi connectivity index (χ0v) is 19.6. The molecule has 35 heavy (non-hydrogen) atoms. The molecule has 0 aliphatic carbocycles. The second-order valence-corrected chi connectivity index (χ2v) is 7.90. The Morgan fingerprint density at radius 2 is 1.77 bits per heavy atom. The summed E-state index contributed by atoms with van der Waals surface area (Å²) < 4.78 is 22.6. The fraction of sp³-hybridized carbons (Fsp3) is 0.214. The molecule has 4 rings (SSSR count). The van der Waals surface area contributed by atoms with E-state index in [0.29, 0.717) is 47.3 Å². The summed E-state index contributed by atoms with van der Waals surface area (Å²) in [5.74, 6) is 1.06. The van der Waals surface area contributed by atoms with Gasteiger partial charge in [0.1, 0.15) is 34.6 Å². The summed E-state index contributed by atoms with van der Waals surface area (Å²) in [5, 5.41) is 9.79. The largest absolute Gasteiger partial charge is 0.494 e. The van der Waals surface area contributed by atoms with Crippen molar-refractivity contribution in [1.29, 1.82) is 5.26 Å². The first kappa shape index (κ1) is 23.7. The molecule has 178 valence electrons. The van der Waals surface area contributed by atoms with Crippen molar-refractivity contribution in [3.8, 4) is 29.1 Å². The molecule has 1 aliphatic rings. The first-order valence-electron chi connectivity index (χ1n) is 11.4. The predicted octanol–water partition coefficient (Wildman–Crippen LogP) is 5.31. The Morgan fingerprint density at radius 3 is 2.51 bits per heavy atom. The average molecular weight is 471 g/mol. The van der Waals surface area contributed by atoms with Crippen LogP contribution in [0.5, 0.6) is 23.0 Å². The van der Waals surface area contributed by atoms with Gasteiger partial charge in [-0.1, -0.05) is 31.2 Å². The summed E-state index contributed by atoms with van der Waals surface area (Å²) in [6, 6.07) is 21.6. The number of carbonyl (C=O) groups excluding carboxylic acids is 1. The number of nitriles is 1. The monoisotopic (exact) mass is 470 g/mol. The van der Waals surface area contributed by atoms with Gasteiger partial charge < -0.3 is 24.7 Å². The van der Waals surface area contributed by atoms with Gasteiger partial charge in [-0.2, -0.15) is 5.26 Å². The molecule has 0 spiro atoms. The van der Waals surface area contributed by atoms with Crippen LogP contribution in [-0.2, 0) is 0 Å². The van der Waals surface area contributed by atoms with Gasteiger partial charge in [-0.15, -0.1) is 0 Å². The molecule has 0 saturated carbocycles. The van der Waals surface area contributed by atoms with Gasteiger partial charge in [-0.3, -0.25) is 0 Å². The molecule has 0 bridgehead atoms. The molecule has 1 unspecified atom stereocenters. The minimum Gasteiger partial charge on any atom is -0.494 e. The van der Waals surface area contributed by atoms with Gasteiger partial charge in [0.2, 0.25) is 5.88 Å². The van der Waals surface area contributed by atoms with Crippen molar-refractivity contribution in [2.24, 2.45) is 5.73 Å². The topological polar surface area (TPSA) is 104 Å². The molecule has 3 aromatic carbocycles. The fourth-order valence-corrected chi connectivity index (χ4v) is 3.89. The number of rotatable bonds is 8. The van der Waals surface area contributed by atoms with Crippen molar-refractivity contribution >= 4 is 5.97 Å². The molecule has 2 N–H and O–H groups in total. The normalized spacial score (nSPS) is 14.4. The molecule has 0 radical (unpaired) electrons. The molecule has 7 heteroatoms. The van der Waals surface area contributed by atoms with E-state index in [2.05, 4.69) is 6.07 Å². The Labute approximate surface area is 204 Å². The van der Waals surface area contributed by atoms with Crippen LogP contribution < -0.4 is 24.7 Å². The summed E-state index contributed by atoms with van der Waals surface area (Å²) in [7, 11) is 0. The van der Waals surface area contributed by atoms with Crippen LogP contribution in [0.15, 0.2) is 78.2 Å². The Balaban J connectivity index is 1.62. The molecule has 0 fully saturated rings. The molecule has 0 amide bonds. The number of allylic oxidation sites excluding steroid dienone is 1. The molecule has 1 heterocycles. The van der Waals surface area contributed by atoms with E-state index in [1.165, 1.54) is 0 Å². The fourth-order valence-electron chi connectivity index (χ4n) is 3.89. The zero-order valence-electron chi connectivity index (χ0n) is 19.6. The van der Waals surface area contributed by atoms with Gasteiger partial charge in [0.05, 0.1) is 24.7 Å². The number of fused-ring (bicyclic) bond motifs is 1. The number of hydrogen-bond donors (Lipinski definition) is 1. The average Bonchev–Trinajstić information content (AvgIpc) is 2.87. The third kappa shape index (κ3) is 5.22. The Morgan fingerprint density at radius 1 is 1.00 bits per heavy atom. The van der Waals surface area contributed by atoms with Gasteiger partial charge >= 0.3 is 5.97 Å². The smallest absolute Gasteiger partial charge is 0.343 e. The van der Waals surface area contributed by atoms with Gasteiger partial charge in [-0.25, -0.2) is 4.79 Å². The quantitative estimate of drug-likeness (QED) is 0.351. The van der Waals surface area contributed by atoms with E-state index < -0.39 is 11.9 Å². The van der Waals surface area contributed by atoms with E-state index in [4.69, 9.17) is 24.7 Å². The maximum Gasteiger partial charge on any atom is 0.343 e. The highest BCUT2D eigenvalue weighted by Gasteiger charge is 2.31. The van der Waals surface area contributed by atoms with Crippen LogP contribution in [0.25, 0.3) is 0 Å². The lowest BCUT2D eigenvalue weighted by atomic mass is 9.83. The van der Waals surface area contributed by atoms with Crippen LogP contribution in [0.1, 0.15) is 47.7 Å². The minimum atomic E-state index is -0.523. The zero-order chi connectivity index (χ0) is 24.8. The summed E-state index contributed by atoms with van der Waals surface area (Å²) in [6.45, 7) is 5.01. The number of nitrogens with two attached hydrogens (primary N) is 1. The van der Waals surface area contributed by atoms with Crippen LogP contribution >= 0.6 is 0 Å². The van der Waals surface area contributed by atoms with Gasteiger partial charge in [-0.05, 0) is 55.3 Å². The van der Waals surface area contributed by atoms with Crippen LogP contribution in [0.2, 0.25) is 0 Å². The number of benzene rings is 3. The highest BCUT2D eigenvalue weighted by molar-refractivity contribution is 5.91. The lowest BCUT2D eigenvalue weighted by molar-refractivity contribution is 0.0734. The number of hydrogen-bond acceptors (Lipinski definition) is 7. The first-order chi connectivity index (χ1) is 17.0. The standard InChI is InChI=1S/C28H26N2O5/c1-3-13-33-21-10-6-8-19(15-21)28(31)34-22-11-12-23-25(16-22)35-27(30)24(17-29)26(23)18-7-5-9-20(14-18)32-4-2/h5-12,14-16,26H,3-4,13,30H2,1-2H3. The van der Waals surface area contributed by atoms with E-state index in [-0.39, 0.29) is 5.88 Å². The SMILES string of the molecule is CCCOc1cccc(C(=O)Oc2ccc3c(c2)OC(N)=C(C#N)C3c2cccc(OCC)c2)c1. The molecule has 1 aliphatic heterocycles. The lowest BCUT2D eigenvalue weighted by Crippen LogP contribution is -2.21. The van der Waals surface area contributed by atoms with Gasteiger partial charge in [0.15, 0.2) is 0 Å². The Kier molecular flexibility index (Phi) is 7.22. The summed E-state index contributed by atoms with van der Waals surface area (Å²) in [5.41, 5.74) is 8.36. The third-order valence-electron chi connectivity index (χ3n) is 5.45. The maximum absolute atomic E-state index is 12.7. The number of carbonyl (C=O) groups is 1. The van der Waals surface area contributed by atoms with Crippen LogP contribution in [0, 0.1) is 11.3 Å². The van der Waals surface area contributed by atoms with E-state index in [0.717, 1.165) is 17.5 Å². The van der Waals surface area contributed by atoms with Gasteiger partial charge in [0, 0.05) is 11.6 Å². The second-order valence-electron chi connectivity index (χ2n) is 7.90. The van der Waals surface area contributed by atoms with Crippen molar-refractivity contribution in [2.45, 2.75) is 26.2 Å². The molecule has 7 nitrogen and oxygen atoms in total. The van der Waals surface area contributed by atoms with E-state index in [1.807, 2.05) is 38.1 Å². The van der Waals surface area contributed by atoms with Crippen LogP contribution in [0.4, 0.5) is 0 Å². The molecule has 1 atom stereocenters. The Hall–Kier alpha value is -4.44. The van der Waals surface area contributed by atoms with Crippen molar-refractivity contribution in [2.75, 3.05) is 13.2 Å². The summed E-state index contributed by atoms with van der Waals surface area (Å²) in [6.07, 6.45) is 0.867. The van der Waals surface area contributed by atoms with Crippen molar-refractivity contribution in [3.63, 3.8) is 0 Å². The van der Waals surface area contributed by atoms with E-state index in [9.17, 15) is 10.1 Å². The van der Waals surface area contributed by atoms with Crippen LogP contribution in [0.3, 0.4) is 0 Å². The van der Waals surface area contributed by atoms with Crippen molar-refractivity contribution in [3.05, 3.63) is 94.9 Å². The third-order valence-corrected chi connectivity index (χ3v) is 5.45. The molecular weight excluding hydrogens is 444 g/mol. The molecular formula is C28H26N2O5. The number of nitrogens with zero attached hydrogens (tertiary/aromatic N) is 1. The molecule has 0 aromatic heterocycles. The second kappa shape index (κ2) is 10.7. The molecule has 3 aromatic rings. The van der Waals surface area contributed by atoms with E-state index in [1.54, 1.807) is 42.5 Å². The summed E-state index contributed by atoms with van der Waals surface area (Å²) >= 11 is 0. The van der Waals surface area contributed by atoms with Crippen molar-refractivity contribution in [1.82, 2.24) is 0 Å². The minimum absolute atomic E-state index is 0.0102. The number of esters is 1. The van der Waals surface area contributed by atoms with Crippen LogP contribution in [-0.4, -0.2) is 19.2 Å². The highest BCUT2D eigenvalue weighted by Crippen LogP contribution is 2.44. The van der Waals surface area contributed by atoms with Crippen molar-refractivity contribution < 1.29 is 23.7 Å².